The number of ether oxygens (including phenoxy) is 2. The second-order valence-electron chi connectivity index (χ2n) is 3.01. The van der Waals surface area contributed by atoms with Crippen LogP contribution in [0.25, 0.3) is 0 Å². The average Bonchev–Trinajstić information content (AvgIpc) is 2.26. The third-order valence-corrected chi connectivity index (χ3v) is 1.99. The fraction of sp³-hybridized carbons (Fsp3) is 0.364. The van der Waals surface area contributed by atoms with Crippen molar-refractivity contribution in [3.8, 4) is 0 Å². The average molecular weight is 247 g/mol. The first kappa shape index (κ1) is 12.9. The van der Waals surface area contributed by atoms with Gasteiger partial charge in [0.15, 0.2) is 0 Å². The normalized spacial score (nSPS) is 12.2. The van der Waals surface area contributed by atoms with Crippen LogP contribution in [0.5, 0.6) is 0 Å². The summed E-state index contributed by atoms with van der Waals surface area (Å²) < 4.78 is 22.2. The Morgan fingerprint density at radius 1 is 1.56 bits per heavy atom. The van der Waals surface area contributed by atoms with Crippen LogP contribution in [0.15, 0.2) is 24.3 Å². The highest BCUT2D eigenvalue weighted by atomic mass is 35.5. The highest BCUT2D eigenvalue weighted by Crippen LogP contribution is 2.12. The lowest BCUT2D eigenvalue weighted by Gasteiger charge is -2.08. The smallest absolute Gasteiger partial charge is 0.368 e. The first-order chi connectivity index (χ1) is 7.63. The van der Waals surface area contributed by atoms with Gasteiger partial charge in [-0.2, -0.15) is 0 Å². The summed E-state index contributed by atoms with van der Waals surface area (Å²) in [6, 6.07) is 6.78. The molecule has 0 aliphatic rings. The molecule has 1 aromatic rings. The molecule has 0 amide bonds. The number of hydrogen-bond acceptors (Lipinski definition) is 3. The summed E-state index contributed by atoms with van der Waals surface area (Å²) >= 11 is 5.73. The third kappa shape index (κ3) is 4.16. The number of carbonyl (C=O) groups excluding carboxylic acids is 1. The molecule has 1 unspecified atom stereocenters. The van der Waals surface area contributed by atoms with Gasteiger partial charge in [0.2, 0.25) is 0 Å². The van der Waals surface area contributed by atoms with Crippen LogP contribution < -0.4 is 0 Å². The lowest BCUT2D eigenvalue weighted by molar-refractivity contribution is -0.170. The Bertz CT molecular complexity index is 357. The highest BCUT2D eigenvalue weighted by Gasteiger charge is 2.18. The Balaban J connectivity index is 2.42. The summed E-state index contributed by atoms with van der Waals surface area (Å²) in [5.41, 5.74) is 0.694. The maximum atomic E-state index is 13.0. The zero-order valence-electron chi connectivity index (χ0n) is 8.78. The van der Waals surface area contributed by atoms with Crippen molar-refractivity contribution in [3.05, 3.63) is 34.9 Å². The van der Waals surface area contributed by atoms with Crippen molar-refractivity contribution in [3.63, 3.8) is 0 Å². The van der Waals surface area contributed by atoms with Crippen molar-refractivity contribution in [1.29, 1.82) is 0 Å². The molecule has 0 aliphatic carbocycles. The van der Waals surface area contributed by atoms with E-state index in [4.69, 9.17) is 16.3 Å². The number of halogens is 2. The van der Waals surface area contributed by atoms with Crippen molar-refractivity contribution in [2.24, 2.45) is 0 Å². The molecule has 5 heteroatoms. The van der Waals surface area contributed by atoms with Crippen LogP contribution in [0.2, 0.25) is 5.02 Å². The monoisotopic (exact) mass is 246 g/mol. The number of carbonyl (C=O) groups is 1. The predicted molar refractivity (Wildman–Crippen MR) is 57.8 cm³/mol. The summed E-state index contributed by atoms with van der Waals surface area (Å²) in [6.45, 7) is 1.70. The molecular weight excluding hydrogens is 235 g/mol. The van der Waals surface area contributed by atoms with Crippen molar-refractivity contribution >= 4 is 17.6 Å². The second kappa shape index (κ2) is 6.45. The van der Waals surface area contributed by atoms with E-state index in [1.165, 1.54) is 0 Å². The summed E-state index contributed by atoms with van der Waals surface area (Å²) in [7, 11) is 0. The van der Waals surface area contributed by atoms with E-state index in [0.29, 0.717) is 10.6 Å². The number of hydrogen-bond donors (Lipinski definition) is 0. The second-order valence-corrected chi connectivity index (χ2v) is 3.45. The summed E-state index contributed by atoms with van der Waals surface area (Å²) in [6.07, 6.45) is -2.06. The molecule has 0 fully saturated rings. The van der Waals surface area contributed by atoms with Crippen molar-refractivity contribution < 1.29 is 18.7 Å². The molecule has 3 nitrogen and oxygen atoms in total. The lowest BCUT2D eigenvalue weighted by Crippen LogP contribution is -2.21. The van der Waals surface area contributed by atoms with Gasteiger partial charge in [-0.1, -0.05) is 23.7 Å². The van der Waals surface area contributed by atoms with Gasteiger partial charge in [-0.15, -0.1) is 0 Å². The maximum Gasteiger partial charge on any atom is 0.368 e. The van der Waals surface area contributed by atoms with Gasteiger partial charge in [0, 0.05) is 5.02 Å². The molecule has 0 radical (unpaired) electrons. The van der Waals surface area contributed by atoms with Gasteiger partial charge in [-0.3, -0.25) is 0 Å². The van der Waals surface area contributed by atoms with Gasteiger partial charge in [0.1, 0.15) is 0 Å². The summed E-state index contributed by atoms with van der Waals surface area (Å²) in [5, 5.41) is 0.535. The van der Waals surface area contributed by atoms with Gasteiger partial charge in [0.05, 0.1) is 13.2 Å². The summed E-state index contributed by atoms with van der Waals surface area (Å²) in [4.78, 5) is 10.9. The van der Waals surface area contributed by atoms with Crippen molar-refractivity contribution in [1.82, 2.24) is 0 Å². The van der Waals surface area contributed by atoms with Crippen LogP contribution in [0, 0.1) is 0 Å². The van der Waals surface area contributed by atoms with Crippen molar-refractivity contribution in [2.75, 3.05) is 6.61 Å². The number of rotatable bonds is 5. The first-order valence-electron chi connectivity index (χ1n) is 4.80. The minimum atomic E-state index is -2.06. The van der Waals surface area contributed by atoms with Crippen LogP contribution in [0.1, 0.15) is 12.5 Å². The van der Waals surface area contributed by atoms with Crippen LogP contribution in [-0.4, -0.2) is 18.9 Å². The lowest BCUT2D eigenvalue weighted by atomic mass is 10.2. The number of benzene rings is 1. The number of alkyl halides is 1. The van der Waals surface area contributed by atoms with Crippen molar-refractivity contribution in [2.45, 2.75) is 19.9 Å². The van der Waals surface area contributed by atoms with E-state index in [-0.39, 0.29) is 13.2 Å². The fourth-order valence-corrected chi connectivity index (χ4v) is 1.28. The molecule has 0 aromatic heterocycles. The molecule has 0 aliphatic heterocycles. The van der Waals surface area contributed by atoms with E-state index in [1.807, 2.05) is 0 Å². The van der Waals surface area contributed by atoms with E-state index in [9.17, 15) is 9.18 Å². The van der Waals surface area contributed by atoms with Crippen LogP contribution >= 0.6 is 11.6 Å². The van der Waals surface area contributed by atoms with E-state index < -0.39 is 12.3 Å². The van der Waals surface area contributed by atoms with Gasteiger partial charge in [-0.05, 0) is 24.6 Å². The molecule has 0 saturated carbocycles. The molecule has 1 atom stereocenters. The Morgan fingerprint density at radius 3 is 2.94 bits per heavy atom. The van der Waals surface area contributed by atoms with Gasteiger partial charge >= 0.3 is 5.97 Å². The molecular formula is C11H12ClFO3. The molecule has 0 N–H and O–H groups in total. The molecule has 16 heavy (non-hydrogen) atoms. The zero-order valence-corrected chi connectivity index (χ0v) is 9.54. The van der Waals surface area contributed by atoms with E-state index in [1.54, 1.807) is 31.2 Å². The quantitative estimate of drug-likeness (QED) is 0.750. The first-order valence-corrected chi connectivity index (χ1v) is 5.18. The molecule has 0 saturated heterocycles. The van der Waals surface area contributed by atoms with E-state index >= 15 is 0 Å². The standard InChI is InChI=1S/C11H12ClFO3/c1-2-15-11(14)10(13)16-7-8-4-3-5-9(12)6-8/h3-6,10H,2,7H2,1H3. The van der Waals surface area contributed by atoms with E-state index in [2.05, 4.69) is 4.74 Å². The largest absolute Gasteiger partial charge is 0.462 e. The highest BCUT2D eigenvalue weighted by molar-refractivity contribution is 6.30. The molecule has 88 valence electrons. The molecule has 0 bridgehead atoms. The van der Waals surface area contributed by atoms with Gasteiger partial charge in [0.25, 0.3) is 6.36 Å². The topological polar surface area (TPSA) is 35.5 Å². The minimum Gasteiger partial charge on any atom is -0.462 e. The fourth-order valence-electron chi connectivity index (χ4n) is 1.07. The molecule has 0 spiro atoms. The Morgan fingerprint density at radius 2 is 2.31 bits per heavy atom. The van der Waals surface area contributed by atoms with Crippen LogP contribution in [0.3, 0.4) is 0 Å². The van der Waals surface area contributed by atoms with E-state index in [0.717, 1.165) is 0 Å². The van der Waals surface area contributed by atoms with Crippen LogP contribution in [-0.2, 0) is 20.9 Å². The third-order valence-electron chi connectivity index (χ3n) is 1.76. The maximum absolute atomic E-state index is 13.0. The Hall–Kier alpha value is -1.13. The summed E-state index contributed by atoms with van der Waals surface area (Å²) in [5.74, 6) is -1.01. The molecule has 0 heterocycles. The zero-order chi connectivity index (χ0) is 12.0. The van der Waals surface area contributed by atoms with Crippen LogP contribution in [0.4, 0.5) is 4.39 Å². The van der Waals surface area contributed by atoms with Gasteiger partial charge < -0.3 is 9.47 Å². The van der Waals surface area contributed by atoms with Gasteiger partial charge in [-0.25, -0.2) is 9.18 Å². The Kier molecular flexibility index (Phi) is 5.22. The SMILES string of the molecule is CCOC(=O)C(F)OCc1cccc(Cl)c1. The minimum absolute atomic E-state index is 0.0272. The number of esters is 1. The predicted octanol–water partition coefficient (Wildman–Crippen LogP) is 2.72. The molecule has 1 aromatic carbocycles. The Labute approximate surface area is 98.1 Å². The molecule has 1 rings (SSSR count).